The van der Waals surface area contributed by atoms with Crippen molar-refractivity contribution < 1.29 is 9.53 Å². The fourth-order valence-electron chi connectivity index (χ4n) is 2.68. The lowest BCUT2D eigenvalue weighted by Gasteiger charge is -2.36. The molecular formula is C17H18ClN3O2. The maximum Gasteiger partial charge on any atom is 0.254 e. The van der Waals surface area contributed by atoms with E-state index in [1.807, 2.05) is 29.2 Å². The average molecular weight is 332 g/mol. The van der Waals surface area contributed by atoms with E-state index < -0.39 is 0 Å². The Balaban J connectivity index is 1.62. The molecule has 1 fully saturated rings. The highest BCUT2D eigenvalue weighted by Crippen LogP contribution is 2.21. The summed E-state index contributed by atoms with van der Waals surface area (Å²) in [5.74, 6) is 0.848. The van der Waals surface area contributed by atoms with Gasteiger partial charge in [-0.2, -0.15) is 0 Å². The zero-order valence-electron chi connectivity index (χ0n) is 12.9. The van der Waals surface area contributed by atoms with Crippen LogP contribution in [-0.4, -0.2) is 49.1 Å². The van der Waals surface area contributed by atoms with Crippen molar-refractivity contribution in [3.63, 3.8) is 0 Å². The van der Waals surface area contributed by atoms with Gasteiger partial charge in [0.2, 0.25) is 0 Å². The molecule has 1 saturated heterocycles. The zero-order valence-corrected chi connectivity index (χ0v) is 13.7. The van der Waals surface area contributed by atoms with Gasteiger partial charge >= 0.3 is 0 Å². The van der Waals surface area contributed by atoms with Crippen molar-refractivity contribution in [3.05, 3.63) is 53.3 Å². The summed E-state index contributed by atoms with van der Waals surface area (Å²) in [6.45, 7) is 2.98. The van der Waals surface area contributed by atoms with Gasteiger partial charge in [-0.3, -0.25) is 4.79 Å². The van der Waals surface area contributed by atoms with Gasteiger partial charge in [0.05, 0.1) is 7.11 Å². The number of halogens is 1. The van der Waals surface area contributed by atoms with E-state index in [9.17, 15) is 4.79 Å². The van der Waals surface area contributed by atoms with Gasteiger partial charge in [-0.1, -0.05) is 11.6 Å². The van der Waals surface area contributed by atoms with Crippen LogP contribution < -0.4 is 9.64 Å². The van der Waals surface area contributed by atoms with Gasteiger partial charge in [0.15, 0.2) is 0 Å². The number of hydrogen-bond donors (Lipinski definition) is 0. The fraction of sp³-hybridized carbons (Fsp3) is 0.294. The maximum absolute atomic E-state index is 12.5. The van der Waals surface area contributed by atoms with E-state index in [2.05, 4.69) is 9.88 Å². The minimum absolute atomic E-state index is 0.00341. The number of carbonyl (C=O) groups is 1. The zero-order chi connectivity index (χ0) is 16.2. The second-order valence-electron chi connectivity index (χ2n) is 5.34. The third-order valence-electron chi connectivity index (χ3n) is 3.98. The van der Waals surface area contributed by atoms with Gasteiger partial charge in [0.1, 0.15) is 10.9 Å². The summed E-state index contributed by atoms with van der Waals surface area (Å²) >= 11 is 5.86. The average Bonchev–Trinajstić information content (AvgIpc) is 2.61. The Kier molecular flexibility index (Phi) is 4.67. The van der Waals surface area contributed by atoms with Crippen LogP contribution in [0.4, 0.5) is 5.69 Å². The molecule has 0 unspecified atom stereocenters. The Hall–Kier alpha value is -2.27. The summed E-state index contributed by atoms with van der Waals surface area (Å²) in [7, 11) is 1.66. The van der Waals surface area contributed by atoms with E-state index in [4.69, 9.17) is 16.3 Å². The lowest BCUT2D eigenvalue weighted by molar-refractivity contribution is 0.0746. The van der Waals surface area contributed by atoms with Crippen LogP contribution in [0.3, 0.4) is 0 Å². The second kappa shape index (κ2) is 6.87. The third kappa shape index (κ3) is 3.56. The highest BCUT2D eigenvalue weighted by molar-refractivity contribution is 6.29. The minimum atomic E-state index is 0.00341. The van der Waals surface area contributed by atoms with Crippen LogP contribution in [0.15, 0.2) is 42.6 Å². The molecule has 2 heterocycles. The fourth-order valence-corrected chi connectivity index (χ4v) is 2.85. The Morgan fingerprint density at radius 2 is 1.83 bits per heavy atom. The molecule has 0 bridgehead atoms. The summed E-state index contributed by atoms with van der Waals surface area (Å²) in [5.41, 5.74) is 1.73. The van der Waals surface area contributed by atoms with Crippen molar-refractivity contribution in [3.8, 4) is 5.75 Å². The number of benzene rings is 1. The van der Waals surface area contributed by atoms with Crippen LogP contribution in [-0.2, 0) is 0 Å². The van der Waals surface area contributed by atoms with Crippen LogP contribution in [0.5, 0.6) is 5.75 Å². The highest BCUT2D eigenvalue weighted by atomic mass is 35.5. The van der Waals surface area contributed by atoms with Crippen molar-refractivity contribution >= 4 is 23.2 Å². The molecule has 0 saturated carbocycles. The van der Waals surface area contributed by atoms with E-state index in [0.717, 1.165) is 24.5 Å². The SMILES string of the molecule is COc1ccc(N2CCN(C(=O)c3ccnc(Cl)c3)CC2)cc1. The molecule has 5 nitrogen and oxygen atoms in total. The summed E-state index contributed by atoms with van der Waals surface area (Å²) in [6.07, 6.45) is 1.56. The molecule has 1 amide bonds. The molecule has 0 atom stereocenters. The molecule has 2 aromatic rings. The number of amides is 1. The van der Waals surface area contributed by atoms with Crippen molar-refractivity contribution in [2.75, 3.05) is 38.2 Å². The van der Waals surface area contributed by atoms with Crippen molar-refractivity contribution in [2.24, 2.45) is 0 Å². The van der Waals surface area contributed by atoms with Crippen LogP contribution in [0.25, 0.3) is 0 Å². The number of anilines is 1. The molecule has 0 radical (unpaired) electrons. The first-order valence-electron chi connectivity index (χ1n) is 7.47. The quantitative estimate of drug-likeness (QED) is 0.811. The van der Waals surface area contributed by atoms with E-state index in [1.165, 1.54) is 0 Å². The lowest BCUT2D eigenvalue weighted by atomic mass is 10.2. The maximum atomic E-state index is 12.5. The summed E-state index contributed by atoms with van der Waals surface area (Å²) in [4.78, 5) is 20.5. The van der Waals surface area contributed by atoms with Crippen LogP contribution >= 0.6 is 11.6 Å². The standard InChI is InChI=1S/C17H18ClN3O2/c1-23-15-4-2-14(3-5-15)20-8-10-21(11-9-20)17(22)13-6-7-19-16(18)12-13/h2-7,12H,8-11H2,1H3. The first kappa shape index (κ1) is 15.6. The minimum Gasteiger partial charge on any atom is -0.497 e. The molecule has 0 aliphatic carbocycles. The first-order chi connectivity index (χ1) is 11.2. The molecule has 0 N–H and O–H groups in total. The number of methoxy groups -OCH3 is 1. The van der Waals surface area contributed by atoms with E-state index in [0.29, 0.717) is 23.8 Å². The Bertz CT molecular complexity index is 682. The number of nitrogens with zero attached hydrogens (tertiary/aromatic N) is 3. The van der Waals surface area contributed by atoms with Gasteiger partial charge < -0.3 is 14.5 Å². The molecule has 1 aromatic carbocycles. The topological polar surface area (TPSA) is 45.7 Å². The number of ether oxygens (including phenoxy) is 1. The van der Waals surface area contributed by atoms with Gasteiger partial charge in [-0.05, 0) is 36.4 Å². The number of rotatable bonds is 3. The number of aromatic nitrogens is 1. The Labute approximate surface area is 140 Å². The molecule has 6 heteroatoms. The molecule has 1 aliphatic heterocycles. The van der Waals surface area contributed by atoms with E-state index >= 15 is 0 Å². The van der Waals surface area contributed by atoms with E-state index in [1.54, 1.807) is 25.4 Å². The predicted molar refractivity (Wildman–Crippen MR) is 90.4 cm³/mol. The number of hydrogen-bond acceptors (Lipinski definition) is 4. The third-order valence-corrected chi connectivity index (χ3v) is 4.18. The number of pyridine rings is 1. The molecular weight excluding hydrogens is 314 g/mol. The van der Waals surface area contributed by atoms with Crippen molar-refractivity contribution in [1.82, 2.24) is 9.88 Å². The van der Waals surface area contributed by atoms with Crippen molar-refractivity contribution in [1.29, 1.82) is 0 Å². The van der Waals surface area contributed by atoms with Crippen molar-refractivity contribution in [2.45, 2.75) is 0 Å². The second-order valence-corrected chi connectivity index (χ2v) is 5.73. The monoisotopic (exact) mass is 331 g/mol. The Morgan fingerprint density at radius 1 is 1.13 bits per heavy atom. The lowest BCUT2D eigenvalue weighted by Crippen LogP contribution is -2.48. The molecule has 23 heavy (non-hydrogen) atoms. The molecule has 3 rings (SSSR count). The number of piperazine rings is 1. The molecule has 1 aliphatic rings. The van der Waals surface area contributed by atoms with Gasteiger partial charge in [-0.15, -0.1) is 0 Å². The summed E-state index contributed by atoms with van der Waals surface area (Å²) in [5, 5.41) is 0.340. The normalized spacial score (nSPS) is 14.7. The number of carbonyl (C=O) groups excluding carboxylic acids is 1. The summed E-state index contributed by atoms with van der Waals surface area (Å²) < 4.78 is 5.18. The van der Waals surface area contributed by atoms with Crippen LogP contribution in [0, 0.1) is 0 Å². The van der Waals surface area contributed by atoms with E-state index in [-0.39, 0.29) is 5.91 Å². The molecule has 0 spiro atoms. The van der Waals surface area contributed by atoms with Gasteiger partial charge in [-0.25, -0.2) is 4.98 Å². The van der Waals surface area contributed by atoms with Crippen LogP contribution in [0.2, 0.25) is 5.15 Å². The first-order valence-corrected chi connectivity index (χ1v) is 7.85. The predicted octanol–water partition coefficient (Wildman–Crippen LogP) is 2.71. The van der Waals surface area contributed by atoms with Gasteiger partial charge in [0.25, 0.3) is 5.91 Å². The highest BCUT2D eigenvalue weighted by Gasteiger charge is 2.22. The summed E-state index contributed by atoms with van der Waals surface area (Å²) in [6, 6.07) is 11.3. The van der Waals surface area contributed by atoms with Crippen LogP contribution in [0.1, 0.15) is 10.4 Å². The molecule has 1 aromatic heterocycles. The molecule has 120 valence electrons. The smallest absolute Gasteiger partial charge is 0.254 e. The largest absolute Gasteiger partial charge is 0.497 e. The Morgan fingerprint density at radius 3 is 2.43 bits per heavy atom. The van der Waals surface area contributed by atoms with Gasteiger partial charge in [0, 0.05) is 43.6 Å².